The summed E-state index contributed by atoms with van der Waals surface area (Å²) in [5, 5.41) is 12.6. The van der Waals surface area contributed by atoms with Crippen LogP contribution in [0.5, 0.6) is 0 Å². The summed E-state index contributed by atoms with van der Waals surface area (Å²) in [4.78, 5) is 27.9. The molecule has 236 valence electrons. The third-order valence-electron chi connectivity index (χ3n) is 8.66. The van der Waals surface area contributed by atoms with Gasteiger partial charge < -0.3 is 14.8 Å². The van der Waals surface area contributed by atoms with E-state index in [1.165, 1.54) is 11.0 Å². The van der Waals surface area contributed by atoms with E-state index >= 15 is 4.39 Å². The van der Waals surface area contributed by atoms with Crippen LogP contribution in [0, 0.1) is 23.1 Å². The molecule has 11 heteroatoms. The van der Waals surface area contributed by atoms with Crippen LogP contribution in [0.1, 0.15) is 58.4 Å². The number of nitrogens with one attached hydrogen (secondary N) is 1. The Bertz CT molecular complexity index is 1570. The summed E-state index contributed by atoms with van der Waals surface area (Å²) in [5.41, 5.74) is 1.50. The highest BCUT2D eigenvalue weighted by Gasteiger charge is 2.52. The van der Waals surface area contributed by atoms with Crippen molar-refractivity contribution in [2.75, 3.05) is 19.5 Å². The summed E-state index contributed by atoms with van der Waals surface area (Å²) in [7, 11) is -2.48. The highest BCUT2D eigenvalue weighted by atomic mass is 32.2. The van der Waals surface area contributed by atoms with Crippen molar-refractivity contribution < 1.29 is 27.7 Å². The zero-order chi connectivity index (χ0) is 31.6. The molecule has 2 heterocycles. The second-order valence-electron chi connectivity index (χ2n) is 13.1. The van der Waals surface area contributed by atoms with E-state index in [1.54, 1.807) is 57.4 Å². The lowest BCUT2D eigenvalue weighted by molar-refractivity contribution is -0.128. The van der Waals surface area contributed by atoms with Crippen LogP contribution in [0.15, 0.2) is 46.8 Å². The van der Waals surface area contributed by atoms with Crippen LogP contribution in [-0.4, -0.2) is 69.6 Å². The van der Waals surface area contributed by atoms with Gasteiger partial charge in [-0.2, -0.15) is 9.62 Å². The number of likely N-dealkylation sites (tertiary alicyclic amines) is 1. The van der Waals surface area contributed by atoms with E-state index in [-0.39, 0.29) is 29.2 Å². The average molecular weight is 625 g/mol. The van der Waals surface area contributed by atoms with Crippen molar-refractivity contribution in [2.45, 2.75) is 88.3 Å². The molecular formula is C33H41FN4O5S. The quantitative estimate of drug-likeness (QED) is 0.420. The Balaban J connectivity index is 1.27. The molecule has 0 spiro atoms. The van der Waals surface area contributed by atoms with E-state index < -0.39 is 45.2 Å². The standard InChI is InChI=1S/C33H41FN4O5S/c1-33(2,3)43-32(40)38-27-11-10-24(18-27)30(38)31(39)36-26(20-35)17-23-9-8-22(19-29(23)34)21-6-5-7-25(16-21)37-44(4,41)28-12-14-42-15-13-28/h5-9,16,19,24,26-28,30H,10-15,17-18H2,1-4H3,(H,36,39)/t24-,26-,27+,30-,44?/m0/s1. The second-order valence-corrected chi connectivity index (χ2v) is 15.6. The fraction of sp³-hybridized carbons (Fsp3) is 0.545. The topological polar surface area (TPSA) is 121 Å². The molecule has 2 saturated heterocycles. The highest BCUT2D eigenvalue weighted by molar-refractivity contribution is 7.93. The predicted molar refractivity (Wildman–Crippen MR) is 166 cm³/mol. The van der Waals surface area contributed by atoms with Gasteiger partial charge in [0, 0.05) is 37.2 Å². The SMILES string of the molecule is CC(C)(C)OC(=O)N1[C@@H]2CC[C@@H](C2)[C@H]1C(=O)N[C@H](C#N)Cc1ccc(-c2cccc(N=S(C)(=O)C3CCOCC3)c2)cc1F. The predicted octanol–water partition coefficient (Wildman–Crippen LogP) is 5.74. The zero-order valence-electron chi connectivity index (χ0n) is 25.8. The van der Waals surface area contributed by atoms with Gasteiger partial charge in [0.25, 0.3) is 0 Å². The number of piperidine rings is 1. The van der Waals surface area contributed by atoms with Gasteiger partial charge in [-0.3, -0.25) is 9.69 Å². The maximum Gasteiger partial charge on any atom is 0.411 e. The number of ether oxygens (including phenoxy) is 2. The lowest BCUT2D eigenvalue weighted by Crippen LogP contribution is -2.55. The Labute approximate surface area is 259 Å². The number of hydrogen-bond acceptors (Lipinski definition) is 7. The van der Waals surface area contributed by atoms with Crippen molar-refractivity contribution in [3.8, 4) is 17.2 Å². The number of amides is 2. The smallest absolute Gasteiger partial charge is 0.411 e. The van der Waals surface area contributed by atoms with Crippen LogP contribution in [-0.2, 0) is 30.4 Å². The molecule has 1 saturated carbocycles. The number of nitrogens with zero attached hydrogens (tertiary/aromatic N) is 3. The van der Waals surface area contributed by atoms with Crippen LogP contribution in [0.25, 0.3) is 11.1 Å². The molecule has 3 fully saturated rings. The van der Waals surface area contributed by atoms with Gasteiger partial charge in [0.15, 0.2) is 0 Å². The van der Waals surface area contributed by atoms with Crippen LogP contribution >= 0.6 is 0 Å². The molecule has 44 heavy (non-hydrogen) atoms. The summed E-state index contributed by atoms with van der Waals surface area (Å²) in [6, 6.07) is 12.3. The van der Waals surface area contributed by atoms with Crippen molar-refractivity contribution in [3.05, 3.63) is 53.8 Å². The lowest BCUT2D eigenvalue weighted by Gasteiger charge is -2.35. The highest BCUT2D eigenvalue weighted by Crippen LogP contribution is 2.43. The summed E-state index contributed by atoms with van der Waals surface area (Å²) in [6.07, 6.45) is 4.91. The maximum atomic E-state index is 15.4. The van der Waals surface area contributed by atoms with E-state index in [9.17, 15) is 19.1 Å². The summed E-state index contributed by atoms with van der Waals surface area (Å²) >= 11 is 0. The van der Waals surface area contributed by atoms with Crippen molar-refractivity contribution in [1.82, 2.24) is 10.2 Å². The minimum atomic E-state index is -2.48. The summed E-state index contributed by atoms with van der Waals surface area (Å²) in [6.45, 7) is 6.51. The molecule has 2 bridgehead atoms. The molecule has 2 aromatic carbocycles. The molecule has 5 rings (SSSR count). The fourth-order valence-corrected chi connectivity index (χ4v) is 8.29. The Kier molecular flexibility index (Phi) is 9.33. The number of benzene rings is 2. The van der Waals surface area contributed by atoms with Gasteiger partial charge in [-0.25, -0.2) is 13.4 Å². The first-order valence-corrected chi connectivity index (χ1v) is 17.2. The Morgan fingerprint density at radius 3 is 2.57 bits per heavy atom. The first-order valence-electron chi connectivity index (χ1n) is 15.2. The molecule has 1 aliphatic carbocycles. The molecule has 2 amide bonds. The van der Waals surface area contributed by atoms with E-state index in [2.05, 4.69) is 15.7 Å². The molecule has 1 unspecified atom stereocenters. The molecule has 1 N–H and O–H groups in total. The van der Waals surface area contributed by atoms with Crippen molar-refractivity contribution >= 4 is 27.4 Å². The van der Waals surface area contributed by atoms with Gasteiger partial charge in [0.2, 0.25) is 5.91 Å². The van der Waals surface area contributed by atoms with Crippen LogP contribution < -0.4 is 5.32 Å². The van der Waals surface area contributed by atoms with E-state index in [0.717, 1.165) is 24.8 Å². The minimum Gasteiger partial charge on any atom is -0.444 e. The first-order chi connectivity index (χ1) is 20.8. The third-order valence-corrected chi connectivity index (χ3v) is 10.9. The zero-order valence-corrected chi connectivity index (χ0v) is 26.6. The Morgan fingerprint density at radius 1 is 1.16 bits per heavy atom. The number of nitriles is 1. The minimum absolute atomic E-state index is 0.00291. The van der Waals surface area contributed by atoms with Gasteiger partial charge in [0.1, 0.15) is 23.5 Å². The van der Waals surface area contributed by atoms with Gasteiger partial charge >= 0.3 is 6.09 Å². The largest absolute Gasteiger partial charge is 0.444 e. The average Bonchev–Trinajstić information content (AvgIpc) is 3.60. The van der Waals surface area contributed by atoms with Gasteiger partial charge in [-0.1, -0.05) is 24.3 Å². The molecular weight excluding hydrogens is 583 g/mol. The van der Waals surface area contributed by atoms with E-state index in [0.29, 0.717) is 37.3 Å². The lowest BCUT2D eigenvalue weighted by atomic mass is 9.97. The normalized spacial score (nSPS) is 23.8. The Morgan fingerprint density at radius 2 is 1.89 bits per heavy atom. The molecule has 5 atom stereocenters. The van der Waals surface area contributed by atoms with Crippen LogP contribution in [0.2, 0.25) is 0 Å². The Hall–Kier alpha value is -3.49. The third kappa shape index (κ3) is 7.24. The molecule has 3 aliphatic rings. The number of carbonyl (C=O) groups excluding carboxylic acids is 2. The van der Waals surface area contributed by atoms with Gasteiger partial charge in [0.05, 0.1) is 21.5 Å². The van der Waals surface area contributed by atoms with E-state index in [4.69, 9.17) is 9.47 Å². The van der Waals surface area contributed by atoms with Crippen LogP contribution in [0.3, 0.4) is 0 Å². The summed E-state index contributed by atoms with van der Waals surface area (Å²) in [5.74, 6) is -0.917. The van der Waals surface area contributed by atoms with Crippen molar-refractivity contribution in [3.63, 3.8) is 0 Å². The van der Waals surface area contributed by atoms with E-state index in [1.807, 2.05) is 6.07 Å². The number of fused-ring (bicyclic) bond motifs is 2. The first kappa shape index (κ1) is 31.9. The van der Waals surface area contributed by atoms with Crippen molar-refractivity contribution in [2.24, 2.45) is 10.3 Å². The summed E-state index contributed by atoms with van der Waals surface area (Å²) < 4.78 is 44.2. The number of hydrogen-bond donors (Lipinski definition) is 1. The fourth-order valence-electron chi connectivity index (χ4n) is 6.54. The number of carbonyl (C=O) groups is 2. The molecule has 0 radical (unpaired) electrons. The molecule has 2 aromatic rings. The molecule has 9 nitrogen and oxygen atoms in total. The van der Waals surface area contributed by atoms with Crippen LogP contribution in [0.4, 0.5) is 14.9 Å². The number of rotatable bonds is 7. The van der Waals surface area contributed by atoms with Gasteiger partial charge in [-0.15, -0.1) is 0 Å². The molecule has 0 aromatic heterocycles. The maximum absolute atomic E-state index is 15.4. The second kappa shape index (κ2) is 12.9. The molecule has 2 aliphatic heterocycles. The number of halogens is 1. The van der Waals surface area contributed by atoms with Crippen molar-refractivity contribution in [1.29, 1.82) is 5.26 Å². The monoisotopic (exact) mass is 624 g/mol. The van der Waals surface area contributed by atoms with Gasteiger partial charge in [-0.05, 0) is 93.7 Å².